The van der Waals surface area contributed by atoms with Gasteiger partial charge in [-0.15, -0.1) is 0 Å². The summed E-state index contributed by atoms with van der Waals surface area (Å²) in [6.07, 6.45) is -2.12. The number of likely N-dealkylation sites (tertiary alicyclic amines) is 1. The maximum Gasteiger partial charge on any atom is 0.406 e. The molecule has 2 fully saturated rings. The Morgan fingerprint density at radius 1 is 1.30 bits per heavy atom. The first-order valence-corrected chi connectivity index (χ1v) is 7.21. The van der Waals surface area contributed by atoms with Crippen molar-refractivity contribution in [1.82, 2.24) is 4.90 Å². The molecule has 1 saturated heterocycles. The average Bonchev–Trinajstić information content (AvgIpc) is 2.74. The number of halogens is 3. The molecular weight excluding hydrogens is 271 g/mol. The Hall–Kier alpha value is -0.780. The molecule has 1 heterocycles. The number of hydrogen-bond acceptors (Lipinski definition) is 2. The van der Waals surface area contributed by atoms with E-state index < -0.39 is 24.1 Å². The molecule has 2 aliphatic rings. The number of rotatable bonds is 2. The molecule has 0 spiro atoms. The van der Waals surface area contributed by atoms with Gasteiger partial charge in [-0.3, -0.25) is 9.69 Å². The lowest BCUT2D eigenvalue weighted by atomic mass is 9.79. The first kappa shape index (κ1) is 15.6. The summed E-state index contributed by atoms with van der Waals surface area (Å²) < 4.78 is 39.5. The first-order valence-electron chi connectivity index (χ1n) is 7.21. The molecule has 4 atom stereocenters. The lowest BCUT2D eigenvalue weighted by Gasteiger charge is -2.39. The molecule has 1 N–H and O–H groups in total. The number of hydrogen-bond donors (Lipinski definition) is 1. The highest BCUT2D eigenvalue weighted by atomic mass is 19.4. The van der Waals surface area contributed by atoms with E-state index >= 15 is 0 Å². The second kappa shape index (κ2) is 5.20. The lowest BCUT2D eigenvalue weighted by molar-refractivity contribution is -0.228. The van der Waals surface area contributed by atoms with Gasteiger partial charge < -0.3 is 5.11 Å². The Balaban J connectivity index is 2.13. The zero-order valence-electron chi connectivity index (χ0n) is 11.9. The third-order valence-electron chi connectivity index (χ3n) is 5.11. The molecule has 1 aliphatic heterocycles. The average molecular weight is 293 g/mol. The minimum atomic E-state index is -4.68. The van der Waals surface area contributed by atoms with Crippen LogP contribution in [0.25, 0.3) is 0 Å². The van der Waals surface area contributed by atoms with Crippen LogP contribution in [0.5, 0.6) is 0 Å². The SMILES string of the molecule is CC1CCC(N2CCC(C(=O)O)(C(F)(F)F)C2)C(C)C1. The molecule has 20 heavy (non-hydrogen) atoms. The van der Waals surface area contributed by atoms with Gasteiger partial charge in [0.15, 0.2) is 5.41 Å². The Bertz CT molecular complexity index is 385. The molecule has 6 heteroatoms. The number of carboxylic acid groups (broad SMARTS) is 1. The van der Waals surface area contributed by atoms with E-state index in [2.05, 4.69) is 13.8 Å². The summed E-state index contributed by atoms with van der Waals surface area (Å²) in [4.78, 5) is 12.9. The molecule has 4 unspecified atom stereocenters. The Labute approximate surface area is 117 Å². The quantitative estimate of drug-likeness (QED) is 0.850. The van der Waals surface area contributed by atoms with Gasteiger partial charge in [0.05, 0.1) is 0 Å². The minimum Gasteiger partial charge on any atom is -0.481 e. The molecule has 2 rings (SSSR count). The lowest BCUT2D eigenvalue weighted by Crippen LogP contribution is -2.49. The Morgan fingerprint density at radius 2 is 1.95 bits per heavy atom. The minimum absolute atomic E-state index is 0.0924. The van der Waals surface area contributed by atoms with Crippen LogP contribution >= 0.6 is 0 Å². The third-order valence-corrected chi connectivity index (χ3v) is 5.11. The van der Waals surface area contributed by atoms with E-state index in [0.717, 1.165) is 19.3 Å². The Kier molecular flexibility index (Phi) is 4.06. The van der Waals surface area contributed by atoms with Gasteiger partial charge >= 0.3 is 12.1 Å². The predicted molar refractivity (Wildman–Crippen MR) is 68.3 cm³/mol. The van der Waals surface area contributed by atoms with E-state index in [1.165, 1.54) is 0 Å². The highest BCUT2D eigenvalue weighted by molar-refractivity contribution is 5.76. The maximum absolute atomic E-state index is 13.2. The molecule has 0 bridgehead atoms. The fourth-order valence-corrected chi connectivity index (χ4v) is 3.84. The van der Waals surface area contributed by atoms with Crippen LogP contribution < -0.4 is 0 Å². The zero-order valence-corrected chi connectivity index (χ0v) is 11.9. The van der Waals surface area contributed by atoms with Crippen LogP contribution in [0.15, 0.2) is 0 Å². The van der Waals surface area contributed by atoms with E-state index in [1.807, 2.05) is 0 Å². The van der Waals surface area contributed by atoms with E-state index in [-0.39, 0.29) is 19.0 Å². The zero-order chi connectivity index (χ0) is 15.1. The van der Waals surface area contributed by atoms with Crippen molar-refractivity contribution in [3.05, 3.63) is 0 Å². The van der Waals surface area contributed by atoms with E-state index in [4.69, 9.17) is 5.11 Å². The van der Waals surface area contributed by atoms with Gasteiger partial charge in [-0.1, -0.05) is 13.8 Å². The second-order valence-corrected chi connectivity index (χ2v) is 6.57. The molecule has 0 aromatic carbocycles. The highest BCUT2D eigenvalue weighted by Crippen LogP contribution is 2.47. The van der Waals surface area contributed by atoms with Gasteiger partial charge in [-0.25, -0.2) is 0 Å². The molecule has 1 aliphatic carbocycles. The highest BCUT2D eigenvalue weighted by Gasteiger charge is 2.64. The van der Waals surface area contributed by atoms with Crippen molar-refractivity contribution in [2.45, 2.75) is 51.7 Å². The molecule has 3 nitrogen and oxygen atoms in total. The number of carbonyl (C=O) groups is 1. The van der Waals surface area contributed by atoms with Crippen molar-refractivity contribution in [3.63, 3.8) is 0 Å². The molecule has 0 radical (unpaired) electrons. The summed E-state index contributed by atoms with van der Waals surface area (Å²) in [6.45, 7) is 4.06. The van der Waals surface area contributed by atoms with Crippen LogP contribution in [0.3, 0.4) is 0 Å². The normalized spacial score (nSPS) is 40.0. The number of aliphatic carboxylic acids is 1. The molecule has 1 saturated carbocycles. The summed E-state index contributed by atoms with van der Waals surface area (Å²) in [5.74, 6) is -0.795. The maximum atomic E-state index is 13.2. The molecule has 0 aromatic heterocycles. The Morgan fingerprint density at radius 3 is 2.40 bits per heavy atom. The summed E-state index contributed by atoms with van der Waals surface area (Å²) in [7, 11) is 0. The fraction of sp³-hybridized carbons (Fsp3) is 0.929. The standard InChI is InChI=1S/C14H22F3NO2/c1-9-3-4-11(10(2)7-9)18-6-5-13(8-18,12(19)20)14(15,16)17/h9-11H,3-8H2,1-2H3,(H,19,20). The van der Waals surface area contributed by atoms with E-state index in [9.17, 15) is 18.0 Å². The summed E-state index contributed by atoms with van der Waals surface area (Å²) in [5.41, 5.74) is -2.57. The van der Waals surface area contributed by atoms with Crippen molar-refractivity contribution in [1.29, 1.82) is 0 Å². The van der Waals surface area contributed by atoms with E-state index in [0.29, 0.717) is 11.8 Å². The molecule has 0 amide bonds. The molecule has 116 valence electrons. The number of nitrogens with zero attached hydrogens (tertiary/aromatic N) is 1. The molecular formula is C14H22F3NO2. The van der Waals surface area contributed by atoms with E-state index in [1.54, 1.807) is 4.90 Å². The first-order chi connectivity index (χ1) is 9.17. The van der Waals surface area contributed by atoms with Gasteiger partial charge in [-0.05, 0) is 44.1 Å². The van der Waals surface area contributed by atoms with Gasteiger partial charge in [0.2, 0.25) is 0 Å². The predicted octanol–water partition coefficient (Wildman–Crippen LogP) is 3.15. The van der Waals surface area contributed by atoms with Gasteiger partial charge in [0, 0.05) is 12.6 Å². The van der Waals surface area contributed by atoms with Gasteiger partial charge in [0.1, 0.15) is 0 Å². The second-order valence-electron chi connectivity index (χ2n) is 6.57. The largest absolute Gasteiger partial charge is 0.481 e. The van der Waals surface area contributed by atoms with Crippen molar-refractivity contribution in [2.75, 3.05) is 13.1 Å². The van der Waals surface area contributed by atoms with Crippen molar-refractivity contribution in [3.8, 4) is 0 Å². The van der Waals surface area contributed by atoms with Crippen LogP contribution in [0.2, 0.25) is 0 Å². The summed E-state index contributed by atoms with van der Waals surface area (Å²) in [5, 5.41) is 9.08. The number of alkyl halides is 3. The monoisotopic (exact) mass is 293 g/mol. The molecule has 0 aromatic rings. The van der Waals surface area contributed by atoms with Gasteiger partial charge in [0.25, 0.3) is 0 Å². The van der Waals surface area contributed by atoms with Crippen LogP contribution in [-0.4, -0.2) is 41.3 Å². The smallest absolute Gasteiger partial charge is 0.406 e. The summed E-state index contributed by atoms with van der Waals surface area (Å²) in [6, 6.07) is 0.0924. The fourth-order valence-electron chi connectivity index (χ4n) is 3.84. The third kappa shape index (κ3) is 2.54. The van der Waals surface area contributed by atoms with Crippen LogP contribution in [-0.2, 0) is 4.79 Å². The summed E-state index contributed by atoms with van der Waals surface area (Å²) >= 11 is 0. The van der Waals surface area contributed by atoms with Crippen LogP contribution in [0, 0.1) is 17.3 Å². The van der Waals surface area contributed by atoms with Gasteiger partial charge in [-0.2, -0.15) is 13.2 Å². The van der Waals surface area contributed by atoms with Crippen molar-refractivity contribution < 1.29 is 23.1 Å². The number of carboxylic acids is 1. The van der Waals surface area contributed by atoms with Crippen molar-refractivity contribution in [2.24, 2.45) is 17.3 Å². The van der Waals surface area contributed by atoms with Crippen LogP contribution in [0.4, 0.5) is 13.2 Å². The topological polar surface area (TPSA) is 40.5 Å². The van der Waals surface area contributed by atoms with Crippen LogP contribution in [0.1, 0.15) is 39.5 Å². The van der Waals surface area contributed by atoms with Crippen molar-refractivity contribution >= 4 is 5.97 Å².